The highest BCUT2D eigenvalue weighted by Gasteiger charge is 2.27. The normalized spacial score (nSPS) is 27.1. The average molecular weight is 283 g/mol. The zero-order valence-corrected chi connectivity index (χ0v) is 12.5. The monoisotopic (exact) mass is 282 g/mol. The third-order valence-electron chi connectivity index (χ3n) is 3.24. The van der Waals surface area contributed by atoms with E-state index >= 15 is 0 Å². The van der Waals surface area contributed by atoms with E-state index in [4.69, 9.17) is 15.4 Å². The molecule has 1 aliphatic carbocycles. The maximum atomic E-state index is 11.1. The van der Waals surface area contributed by atoms with Gasteiger partial charge in [0.05, 0.1) is 18.5 Å². The molecule has 5 heteroatoms. The fourth-order valence-corrected chi connectivity index (χ4v) is 4.15. The third kappa shape index (κ3) is 6.63. The van der Waals surface area contributed by atoms with Crippen LogP contribution in [0.2, 0.25) is 0 Å². The summed E-state index contributed by atoms with van der Waals surface area (Å²) in [7, 11) is 1.82. The minimum absolute atomic E-state index is 0.0370. The summed E-state index contributed by atoms with van der Waals surface area (Å²) >= 11 is 0. The summed E-state index contributed by atoms with van der Waals surface area (Å²) in [5.41, 5.74) is -0.413. The van der Waals surface area contributed by atoms with E-state index in [0.717, 1.165) is 18.8 Å². The fraction of sp³-hybridized carbons (Fsp3) is 1.00. The summed E-state index contributed by atoms with van der Waals surface area (Å²) in [6.07, 6.45) is 4.89. The van der Waals surface area contributed by atoms with E-state index in [9.17, 15) is 8.42 Å². The van der Waals surface area contributed by atoms with E-state index in [-0.39, 0.29) is 5.75 Å². The highest BCUT2D eigenvalue weighted by atomic mass is 35.7. The Morgan fingerprint density at radius 3 is 2.24 bits per heavy atom. The second-order valence-electron chi connectivity index (χ2n) is 6.04. The van der Waals surface area contributed by atoms with Gasteiger partial charge in [0.1, 0.15) is 0 Å². The fourth-order valence-electron chi connectivity index (χ4n) is 2.25. The van der Waals surface area contributed by atoms with Gasteiger partial charge in [-0.15, -0.1) is 0 Å². The molecule has 0 N–H and O–H groups in total. The van der Waals surface area contributed by atoms with Gasteiger partial charge in [0.25, 0.3) is 0 Å². The van der Waals surface area contributed by atoms with Crippen LogP contribution < -0.4 is 0 Å². The van der Waals surface area contributed by atoms with Gasteiger partial charge < -0.3 is 4.74 Å². The molecular formula is C12H23ClO3S. The standard InChI is InChI=1S/C12H23ClO3S/c1-10-4-6-11(7-5-10)16-8-12(2,3)9-17(13,14)15/h10-11H,4-9H2,1-3H3. The van der Waals surface area contributed by atoms with Crippen LogP contribution in [0.25, 0.3) is 0 Å². The van der Waals surface area contributed by atoms with Crippen molar-refractivity contribution in [1.82, 2.24) is 0 Å². The second-order valence-corrected chi connectivity index (χ2v) is 8.82. The molecule has 3 nitrogen and oxygen atoms in total. The number of rotatable bonds is 5. The molecule has 1 saturated carbocycles. The Labute approximate surface area is 109 Å². The summed E-state index contributed by atoms with van der Waals surface area (Å²) in [6.45, 7) is 6.47. The number of hydrogen-bond acceptors (Lipinski definition) is 3. The van der Waals surface area contributed by atoms with Crippen molar-refractivity contribution >= 4 is 19.7 Å². The maximum absolute atomic E-state index is 11.1. The van der Waals surface area contributed by atoms with Crippen LogP contribution in [0.15, 0.2) is 0 Å². The number of halogens is 1. The van der Waals surface area contributed by atoms with Gasteiger partial charge in [-0.05, 0) is 31.6 Å². The van der Waals surface area contributed by atoms with Gasteiger partial charge in [-0.25, -0.2) is 8.42 Å². The summed E-state index contributed by atoms with van der Waals surface area (Å²) in [4.78, 5) is 0. The molecule has 1 aliphatic rings. The first-order valence-electron chi connectivity index (χ1n) is 6.22. The molecule has 0 unspecified atom stereocenters. The van der Waals surface area contributed by atoms with Crippen molar-refractivity contribution in [2.45, 2.75) is 52.6 Å². The van der Waals surface area contributed by atoms with E-state index in [1.54, 1.807) is 0 Å². The van der Waals surface area contributed by atoms with Crippen molar-refractivity contribution in [3.05, 3.63) is 0 Å². The van der Waals surface area contributed by atoms with E-state index in [1.807, 2.05) is 13.8 Å². The van der Waals surface area contributed by atoms with Crippen LogP contribution in [0, 0.1) is 11.3 Å². The lowest BCUT2D eigenvalue weighted by Gasteiger charge is -2.30. The first-order chi connectivity index (χ1) is 7.68. The molecule has 0 saturated heterocycles. The van der Waals surface area contributed by atoms with Gasteiger partial charge in [0.2, 0.25) is 9.05 Å². The molecule has 17 heavy (non-hydrogen) atoms. The van der Waals surface area contributed by atoms with Gasteiger partial charge >= 0.3 is 0 Å². The van der Waals surface area contributed by atoms with Crippen molar-refractivity contribution in [1.29, 1.82) is 0 Å². The summed E-state index contributed by atoms with van der Waals surface area (Å²) in [5, 5.41) is 0. The smallest absolute Gasteiger partial charge is 0.233 e. The quantitative estimate of drug-likeness (QED) is 0.728. The van der Waals surface area contributed by atoms with Crippen LogP contribution in [0.1, 0.15) is 46.5 Å². The first kappa shape index (κ1) is 15.3. The lowest BCUT2D eigenvalue weighted by Crippen LogP contribution is -2.31. The van der Waals surface area contributed by atoms with Gasteiger partial charge in [-0.3, -0.25) is 0 Å². The summed E-state index contributed by atoms with van der Waals surface area (Å²) in [5.74, 6) is 0.760. The lowest BCUT2D eigenvalue weighted by atomic mass is 9.88. The molecule has 1 rings (SSSR count). The van der Waals surface area contributed by atoms with Crippen LogP contribution >= 0.6 is 10.7 Å². The zero-order chi connectivity index (χ0) is 13.1. The zero-order valence-electron chi connectivity index (χ0n) is 10.9. The maximum Gasteiger partial charge on any atom is 0.233 e. The molecular weight excluding hydrogens is 260 g/mol. The molecule has 0 aromatic rings. The van der Waals surface area contributed by atoms with Crippen molar-refractivity contribution in [2.75, 3.05) is 12.4 Å². The van der Waals surface area contributed by atoms with Crippen LogP contribution in [-0.4, -0.2) is 26.9 Å². The van der Waals surface area contributed by atoms with Crippen LogP contribution in [-0.2, 0) is 13.8 Å². The Hall–Kier alpha value is 0.200. The number of hydrogen-bond donors (Lipinski definition) is 0. The van der Waals surface area contributed by atoms with Gasteiger partial charge in [-0.1, -0.05) is 20.8 Å². The Kier molecular flexibility index (Phi) is 5.29. The molecule has 0 amide bonds. The van der Waals surface area contributed by atoms with E-state index in [0.29, 0.717) is 12.7 Å². The van der Waals surface area contributed by atoms with Gasteiger partial charge in [0.15, 0.2) is 0 Å². The predicted molar refractivity (Wildman–Crippen MR) is 70.8 cm³/mol. The molecule has 0 atom stereocenters. The van der Waals surface area contributed by atoms with Crippen LogP contribution in [0.5, 0.6) is 0 Å². The van der Waals surface area contributed by atoms with Gasteiger partial charge in [-0.2, -0.15) is 0 Å². The molecule has 0 aliphatic heterocycles. The molecule has 1 fully saturated rings. The van der Waals surface area contributed by atoms with Crippen LogP contribution in [0.3, 0.4) is 0 Å². The topological polar surface area (TPSA) is 43.4 Å². The Morgan fingerprint density at radius 2 is 1.76 bits per heavy atom. The third-order valence-corrected chi connectivity index (χ3v) is 4.69. The largest absolute Gasteiger partial charge is 0.378 e. The minimum Gasteiger partial charge on any atom is -0.378 e. The Morgan fingerprint density at radius 1 is 1.24 bits per heavy atom. The minimum atomic E-state index is -3.45. The average Bonchev–Trinajstić information content (AvgIpc) is 2.13. The second kappa shape index (κ2) is 5.89. The van der Waals surface area contributed by atoms with E-state index in [1.165, 1.54) is 12.8 Å². The van der Waals surface area contributed by atoms with Crippen molar-refractivity contribution in [3.63, 3.8) is 0 Å². The first-order valence-corrected chi connectivity index (χ1v) is 8.70. The van der Waals surface area contributed by atoms with Crippen molar-refractivity contribution in [3.8, 4) is 0 Å². The Bertz CT molecular complexity index is 330. The lowest BCUT2D eigenvalue weighted by molar-refractivity contribution is -0.0148. The number of ether oxygens (including phenoxy) is 1. The highest BCUT2D eigenvalue weighted by molar-refractivity contribution is 8.13. The Balaban J connectivity index is 2.34. The van der Waals surface area contributed by atoms with Crippen molar-refractivity contribution in [2.24, 2.45) is 11.3 Å². The molecule has 0 spiro atoms. The molecule has 0 aromatic heterocycles. The van der Waals surface area contributed by atoms with E-state index in [2.05, 4.69) is 6.92 Å². The van der Waals surface area contributed by atoms with Crippen LogP contribution in [0.4, 0.5) is 0 Å². The van der Waals surface area contributed by atoms with Crippen molar-refractivity contribution < 1.29 is 13.2 Å². The molecule has 0 radical (unpaired) electrons. The molecule has 0 aromatic carbocycles. The predicted octanol–water partition coefficient (Wildman–Crippen LogP) is 3.18. The highest BCUT2D eigenvalue weighted by Crippen LogP contribution is 2.28. The summed E-state index contributed by atoms with van der Waals surface area (Å²) < 4.78 is 27.9. The molecule has 102 valence electrons. The molecule has 0 bridgehead atoms. The summed E-state index contributed by atoms with van der Waals surface area (Å²) in [6, 6.07) is 0. The van der Waals surface area contributed by atoms with E-state index < -0.39 is 14.5 Å². The molecule has 0 heterocycles. The SMILES string of the molecule is CC1CCC(OCC(C)(C)CS(=O)(=O)Cl)CC1. The van der Waals surface area contributed by atoms with Gasteiger partial charge in [0, 0.05) is 16.1 Å².